The van der Waals surface area contributed by atoms with Crippen molar-refractivity contribution in [3.8, 4) is 0 Å². The van der Waals surface area contributed by atoms with E-state index in [2.05, 4.69) is 41.2 Å². The van der Waals surface area contributed by atoms with Crippen LogP contribution in [0.1, 0.15) is 44.8 Å². The van der Waals surface area contributed by atoms with Crippen molar-refractivity contribution < 1.29 is 0 Å². The van der Waals surface area contributed by atoms with E-state index in [4.69, 9.17) is 0 Å². The Labute approximate surface area is 92.9 Å². The van der Waals surface area contributed by atoms with E-state index in [9.17, 15) is 0 Å². The SMILES string of the molecule is CCC(CC)n1ccc(CCCNC)n1. The number of nitrogens with zero attached hydrogens (tertiary/aromatic N) is 2. The predicted octanol–water partition coefficient (Wildman–Crippen LogP) is 2.40. The van der Waals surface area contributed by atoms with Gasteiger partial charge in [0.25, 0.3) is 0 Å². The second-order valence-corrected chi connectivity index (χ2v) is 3.96. The molecule has 1 aromatic rings. The molecule has 1 heterocycles. The molecule has 1 rings (SSSR count). The molecule has 15 heavy (non-hydrogen) atoms. The first kappa shape index (κ1) is 12.2. The van der Waals surface area contributed by atoms with E-state index >= 15 is 0 Å². The average Bonchev–Trinajstić information content (AvgIpc) is 2.69. The highest BCUT2D eigenvalue weighted by Gasteiger charge is 2.07. The maximum absolute atomic E-state index is 4.61. The Kier molecular flexibility index (Phi) is 5.40. The summed E-state index contributed by atoms with van der Waals surface area (Å²) in [6.45, 7) is 5.50. The molecule has 0 bridgehead atoms. The maximum Gasteiger partial charge on any atom is 0.0625 e. The molecule has 3 nitrogen and oxygen atoms in total. The molecule has 0 radical (unpaired) electrons. The first-order chi connectivity index (χ1) is 7.31. The normalized spacial score (nSPS) is 11.2. The molecule has 86 valence electrons. The third-order valence-electron chi connectivity index (χ3n) is 2.84. The Balaban J connectivity index is 2.47. The van der Waals surface area contributed by atoms with Gasteiger partial charge in [0, 0.05) is 6.20 Å². The number of hydrogen-bond donors (Lipinski definition) is 1. The Morgan fingerprint density at radius 3 is 2.73 bits per heavy atom. The van der Waals surface area contributed by atoms with Crippen molar-refractivity contribution in [2.24, 2.45) is 0 Å². The van der Waals surface area contributed by atoms with Crippen molar-refractivity contribution in [1.82, 2.24) is 15.1 Å². The van der Waals surface area contributed by atoms with Gasteiger partial charge in [-0.1, -0.05) is 13.8 Å². The van der Waals surface area contributed by atoms with Crippen molar-refractivity contribution in [2.45, 2.75) is 45.6 Å². The lowest BCUT2D eigenvalue weighted by molar-refractivity contribution is 0.425. The Hall–Kier alpha value is -0.830. The van der Waals surface area contributed by atoms with Crippen molar-refractivity contribution in [2.75, 3.05) is 13.6 Å². The minimum absolute atomic E-state index is 0.572. The quantitative estimate of drug-likeness (QED) is 0.699. The van der Waals surface area contributed by atoms with Crippen LogP contribution in [0.25, 0.3) is 0 Å². The summed E-state index contributed by atoms with van der Waals surface area (Å²) in [7, 11) is 1.99. The summed E-state index contributed by atoms with van der Waals surface area (Å²) in [5, 5.41) is 7.77. The van der Waals surface area contributed by atoms with E-state index < -0.39 is 0 Å². The van der Waals surface area contributed by atoms with Gasteiger partial charge in [0.2, 0.25) is 0 Å². The molecule has 0 amide bonds. The van der Waals surface area contributed by atoms with Crippen LogP contribution in [0.2, 0.25) is 0 Å². The molecule has 0 saturated heterocycles. The molecule has 0 aliphatic heterocycles. The van der Waals surface area contributed by atoms with E-state index in [1.165, 1.54) is 5.69 Å². The third kappa shape index (κ3) is 3.67. The minimum atomic E-state index is 0.572. The predicted molar refractivity (Wildman–Crippen MR) is 64.1 cm³/mol. The van der Waals surface area contributed by atoms with Crippen LogP contribution in [-0.4, -0.2) is 23.4 Å². The molecular weight excluding hydrogens is 186 g/mol. The second-order valence-electron chi connectivity index (χ2n) is 3.96. The minimum Gasteiger partial charge on any atom is -0.320 e. The van der Waals surface area contributed by atoms with Crippen molar-refractivity contribution >= 4 is 0 Å². The summed E-state index contributed by atoms with van der Waals surface area (Å²) in [4.78, 5) is 0. The van der Waals surface area contributed by atoms with Crippen LogP contribution in [0.4, 0.5) is 0 Å². The van der Waals surface area contributed by atoms with Gasteiger partial charge in [-0.2, -0.15) is 5.10 Å². The first-order valence-electron chi connectivity index (χ1n) is 6.00. The van der Waals surface area contributed by atoms with Gasteiger partial charge >= 0.3 is 0 Å². The third-order valence-corrected chi connectivity index (χ3v) is 2.84. The van der Waals surface area contributed by atoms with Crippen LogP contribution in [-0.2, 0) is 6.42 Å². The van der Waals surface area contributed by atoms with E-state index in [0.29, 0.717) is 6.04 Å². The fraction of sp³-hybridized carbons (Fsp3) is 0.750. The topological polar surface area (TPSA) is 29.9 Å². The van der Waals surface area contributed by atoms with Crippen LogP contribution < -0.4 is 5.32 Å². The van der Waals surface area contributed by atoms with Crippen LogP contribution in [0.15, 0.2) is 12.3 Å². The molecule has 0 fully saturated rings. The summed E-state index contributed by atoms with van der Waals surface area (Å²) < 4.78 is 2.12. The standard InChI is InChI=1S/C12H23N3/c1-4-12(5-2)15-10-8-11(14-15)7-6-9-13-3/h8,10,12-13H,4-7,9H2,1-3H3. The molecule has 0 atom stereocenters. The monoisotopic (exact) mass is 209 g/mol. The number of aryl methyl sites for hydroxylation is 1. The lowest BCUT2D eigenvalue weighted by Gasteiger charge is -2.12. The average molecular weight is 209 g/mol. The fourth-order valence-electron chi connectivity index (χ4n) is 1.82. The molecule has 0 aliphatic rings. The zero-order valence-electron chi connectivity index (χ0n) is 10.2. The van der Waals surface area contributed by atoms with Gasteiger partial charge in [0.1, 0.15) is 0 Å². The van der Waals surface area contributed by atoms with E-state index in [1.807, 2.05) is 7.05 Å². The zero-order valence-corrected chi connectivity index (χ0v) is 10.2. The highest BCUT2D eigenvalue weighted by molar-refractivity contribution is 4.99. The molecule has 3 heteroatoms. The Morgan fingerprint density at radius 1 is 1.40 bits per heavy atom. The van der Waals surface area contributed by atoms with Gasteiger partial charge < -0.3 is 5.32 Å². The second kappa shape index (κ2) is 6.62. The summed E-state index contributed by atoms with van der Waals surface area (Å²) in [6, 6.07) is 2.72. The van der Waals surface area contributed by atoms with Crippen LogP contribution in [0.3, 0.4) is 0 Å². The van der Waals surface area contributed by atoms with E-state index in [1.54, 1.807) is 0 Å². The summed E-state index contributed by atoms with van der Waals surface area (Å²) in [6.07, 6.45) is 6.68. The summed E-state index contributed by atoms with van der Waals surface area (Å²) >= 11 is 0. The molecule has 0 spiro atoms. The highest BCUT2D eigenvalue weighted by Crippen LogP contribution is 2.14. The number of hydrogen-bond acceptors (Lipinski definition) is 2. The van der Waals surface area contributed by atoms with Gasteiger partial charge in [0.05, 0.1) is 11.7 Å². The number of aromatic nitrogens is 2. The van der Waals surface area contributed by atoms with Crippen molar-refractivity contribution in [3.05, 3.63) is 18.0 Å². The van der Waals surface area contributed by atoms with Crippen molar-refractivity contribution in [1.29, 1.82) is 0 Å². The summed E-state index contributed by atoms with van der Waals surface area (Å²) in [5.41, 5.74) is 1.22. The lowest BCUT2D eigenvalue weighted by Crippen LogP contribution is -2.10. The Bertz CT molecular complexity index is 264. The largest absolute Gasteiger partial charge is 0.320 e. The fourth-order valence-corrected chi connectivity index (χ4v) is 1.82. The van der Waals surface area contributed by atoms with Gasteiger partial charge in [-0.05, 0) is 45.3 Å². The lowest BCUT2D eigenvalue weighted by atomic mass is 10.2. The molecule has 0 aromatic carbocycles. The van der Waals surface area contributed by atoms with Gasteiger partial charge in [-0.25, -0.2) is 0 Å². The Morgan fingerprint density at radius 2 is 2.13 bits per heavy atom. The molecule has 0 saturated carbocycles. The number of nitrogens with one attached hydrogen (secondary N) is 1. The molecule has 0 aliphatic carbocycles. The van der Waals surface area contributed by atoms with Crippen LogP contribution in [0.5, 0.6) is 0 Å². The zero-order chi connectivity index (χ0) is 11.1. The molecule has 1 N–H and O–H groups in total. The molecule has 0 unspecified atom stereocenters. The van der Waals surface area contributed by atoms with Crippen LogP contribution in [0, 0.1) is 0 Å². The highest BCUT2D eigenvalue weighted by atomic mass is 15.3. The number of rotatable bonds is 7. The van der Waals surface area contributed by atoms with Gasteiger partial charge in [-0.15, -0.1) is 0 Å². The van der Waals surface area contributed by atoms with Gasteiger partial charge in [-0.3, -0.25) is 4.68 Å². The molecular formula is C12H23N3. The molecule has 1 aromatic heterocycles. The van der Waals surface area contributed by atoms with Gasteiger partial charge in [0.15, 0.2) is 0 Å². The van der Waals surface area contributed by atoms with E-state index in [0.717, 1.165) is 32.2 Å². The van der Waals surface area contributed by atoms with E-state index in [-0.39, 0.29) is 0 Å². The van der Waals surface area contributed by atoms with Crippen molar-refractivity contribution in [3.63, 3.8) is 0 Å². The van der Waals surface area contributed by atoms with Crippen LogP contribution >= 0.6 is 0 Å². The first-order valence-corrected chi connectivity index (χ1v) is 6.00. The smallest absolute Gasteiger partial charge is 0.0625 e. The summed E-state index contributed by atoms with van der Waals surface area (Å²) in [5.74, 6) is 0. The maximum atomic E-state index is 4.61.